The van der Waals surface area contributed by atoms with E-state index in [0.29, 0.717) is 15.8 Å². The smallest absolute Gasteiger partial charge is 0.141 e. The van der Waals surface area contributed by atoms with Crippen LogP contribution in [0.4, 0.5) is 4.39 Å². The Balaban J connectivity index is 2.50. The van der Waals surface area contributed by atoms with Crippen LogP contribution in [-0.4, -0.2) is 7.11 Å². The molecular formula is C13H11BrClFO2. The van der Waals surface area contributed by atoms with Crippen LogP contribution in [0.2, 0.25) is 0 Å². The fraction of sp³-hybridized carbons (Fsp3) is 0.231. The van der Waals surface area contributed by atoms with Crippen molar-refractivity contribution in [2.75, 3.05) is 7.11 Å². The molecule has 2 nitrogen and oxygen atoms in total. The summed E-state index contributed by atoms with van der Waals surface area (Å²) < 4.78 is 24.2. The van der Waals surface area contributed by atoms with E-state index in [2.05, 4.69) is 15.9 Å². The highest BCUT2D eigenvalue weighted by molar-refractivity contribution is 9.10. The maximum Gasteiger partial charge on any atom is 0.141 e. The van der Waals surface area contributed by atoms with E-state index in [-0.39, 0.29) is 5.82 Å². The summed E-state index contributed by atoms with van der Waals surface area (Å²) in [6.45, 7) is 1.83. The Hall–Kier alpha value is -1.00. The van der Waals surface area contributed by atoms with Crippen LogP contribution in [0.1, 0.15) is 22.3 Å². The number of alkyl halides is 1. The van der Waals surface area contributed by atoms with Gasteiger partial charge in [-0.15, -0.1) is 11.6 Å². The molecule has 96 valence electrons. The lowest BCUT2D eigenvalue weighted by Gasteiger charge is -2.14. The average molecular weight is 334 g/mol. The second-order valence-electron chi connectivity index (χ2n) is 3.80. The highest BCUT2D eigenvalue weighted by Crippen LogP contribution is 2.39. The highest BCUT2D eigenvalue weighted by Gasteiger charge is 2.21. The van der Waals surface area contributed by atoms with Crippen molar-refractivity contribution in [3.63, 3.8) is 0 Å². The highest BCUT2D eigenvalue weighted by atomic mass is 79.9. The molecule has 0 bridgehead atoms. The molecule has 2 aromatic rings. The second kappa shape index (κ2) is 5.33. The van der Waals surface area contributed by atoms with Gasteiger partial charge in [0.2, 0.25) is 0 Å². The van der Waals surface area contributed by atoms with Crippen molar-refractivity contribution in [1.29, 1.82) is 0 Å². The van der Waals surface area contributed by atoms with E-state index in [1.54, 1.807) is 18.4 Å². The summed E-state index contributed by atoms with van der Waals surface area (Å²) in [5, 5.41) is -0.449. The Morgan fingerprint density at radius 2 is 2.11 bits per heavy atom. The van der Waals surface area contributed by atoms with Crippen LogP contribution < -0.4 is 4.74 Å². The first-order valence-corrected chi connectivity index (χ1v) is 6.48. The fourth-order valence-electron chi connectivity index (χ4n) is 1.74. The molecule has 1 unspecified atom stereocenters. The topological polar surface area (TPSA) is 22.4 Å². The molecule has 1 aromatic heterocycles. The number of hydrogen-bond donors (Lipinski definition) is 0. The molecule has 2 rings (SSSR count). The SMILES string of the molecule is COc1cc(F)c(Br)cc1C(Cl)c1ccoc1C. The summed E-state index contributed by atoms with van der Waals surface area (Å²) in [6.07, 6.45) is 1.57. The van der Waals surface area contributed by atoms with Gasteiger partial charge in [-0.3, -0.25) is 0 Å². The molecule has 0 fully saturated rings. The zero-order valence-corrected chi connectivity index (χ0v) is 12.2. The van der Waals surface area contributed by atoms with Crippen LogP contribution in [0.5, 0.6) is 5.75 Å². The molecular weight excluding hydrogens is 322 g/mol. The number of furan rings is 1. The molecule has 0 amide bonds. The minimum atomic E-state index is -0.449. The number of hydrogen-bond acceptors (Lipinski definition) is 2. The number of benzene rings is 1. The molecule has 0 radical (unpaired) electrons. The van der Waals surface area contributed by atoms with Crippen LogP contribution in [0, 0.1) is 12.7 Å². The van der Waals surface area contributed by atoms with Crippen LogP contribution in [0.3, 0.4) is 0 Å². The van der Waals surface area contributed by atoms with Gasteiger partial charge in [0, 0.05) is 17.2 Å². The number of ether oxygens (including phenoxy) is 1. The summed E-state index contributed by atoms with van der Waals surface area (Å²) in [5.74, 6) is 0.761. The summed E-state index contributed by atoms with van der Waals surface area (Å²) in [5.41, 5.74) is 1.53. The van der Waals surface area contributed by atoms with E-state index in [0.717, 1.165) is 11.3 Å². The standard InChI is InChI=1S/C13H11BrClFO2/c1-7-8(3-4-18-7)13(15)9-5-10(14)11(16)6-12(9)17-2/h3-6,13H,1-2H3. The van der Waals surface area contributed by atoms with Crippen LogP contribution in [0.15, 0.2) is 33.4 Å². The van der Waals surface area contributed by atoms with Crippen molar-refractivity contribution in [2.24, 2.45) is 0 Å². The van der Waals surface area contributed by atoms with Crippen molar-refractivity contribution < 1.29 is 13.5 Å². The predicted octanol–water partition coefficient (Wildman–Crippen LogP) is 4.83. The largest absolute Gasteiger partial charge is 0.496 e. The molecule has 0 saturated carbocycles. The molecule has 0 spiro atoms. The zero-order chi connectivity index (χ0) is 13.3. The van der Waals surface area contributed by atoms with Gasteiger partial charge in [-0.05, 0) is 35.0 Å². The lowest BCUT2D eigenvalue weighted by Crippen LogP contribution is -1.99. The quantitative estimate of drug-likeness (QED) is 0.751. The lowest BCUT2D eigenvalue weighted by molar-refractivity contribution is 0.406. The molecule has 0 saturated heterocycles. The average Bonchev–Trinajstić information content (AvgIpc) is 2.77. The van der Waals surface area contributed by atoms with E-state index in [1.807, 2.05) is 6.92 Å². The van der Waals surface area contributed by atoms with E-state index in [1.165, 1.54) is 13.2 Å². The van der Waals surface area contributed by atoms with E-state index >= 15 is 0 Å². The molecule has 0 N–H and O–H groups in total. The normalized spacial score (nSPS) is 12.5. The molecule has 1 heterocycles. The van der Waals surface area contributed by atoms with Crippen molar-refractivity contribution in [1.82, 2.24) is 0 Å². The third kappa shape index (κ3) is 2.40. The second-order valence-corrected chi connectivity index (χ2v) is 5.09. The van der Waals surface area contributed by atoms with E-state index < -0.39 is 5.38 Å². The van der Waals surface area contributed by atoms with Crippen LogP contribution in [0.25, 0.3) is 0 Å². The maximum atomic E-state index is 13.4. The summed E-state index contributed by atoms with van der Waals surface area (Å²) in [7, 11) is 1.48. The minimum Gasteiger partial charge on any atom is -0.496 e. The number of halogens is 3. The van der Waals surface area contributed by atoms with Gasteiger partial charge in [0.1, 0.15) is 17.3 Å². The zero-order valence-electron chi connectivity index (χ0n) is 9.84. The van der Waals surface area contributed by atoms with E-state index in [4.69, 9.17) is 20.8 Å². The maximum absolute atomic E-state index is 13.4. The van der Waals surface area contributed by atoms with Crippen LogP contribution in [-0.2, 0) is 0 Å². The van der Waals surface area contributed by atoms with Gasteiger partial charge in [-0.2, -0.15) is 0 Å². The van der Waals surface area contributed by atoms with Gasteiger partial charge in [0.05, 0.1) is 23.2 Å². The Kier molecular flexibility index (Phi) is 3.97. The third-order valence-electron chi connectivity index (χ3n) is 2.72. The monoisotopic (exact) mass is 332 g/mol. The first kappa shape index (κ1) is 13.4. The van der Waals surface area contributed by atoms with Gasteiger partial charge < -0.3 is 9.15 Å². The van der Waals surface area contributed by atoms with Gasteiger partial charge in [0.15, 0.2) is 0 Å². The first-order valence-electron chi connectivity index (χ1n) is 5.25. The minimum absolute atomic E-state index is 0.352. The Morgan fingerprint density at radius 3 is 2.67 bits per heavy atom. The van der Waals surface area contributed by atoms with Gasteiger partial charge in [0.25, 0.3) is 0 Å². The number of rotatable bonds is 3. The fourth-order valence-corrected chi connectivity index (χ4v) is 2.50. The van der Waals surface area contributed by atoms with Gasteiger partial charge in [-0.25, -0.2) is 4.39 Å². The summed E-state index contributed by atoms with van der Waals surface area (Å²) >= 11 is 9.55. The van der Waals surface area contributed by atoms with Crippen molar-refractivity contribution in [2.45, 2.75) is 12.3 Å². The number of methoxy groups -OCH3 is 1. The van der Waals surface area contributed by atoms with Gasteiger partial charge in [-0.1, -0.05) is 0 Å². The summed E-state index contributed by atoms with van der Waals surface area (Å²) in [4.78, 5) is 0. The third-order valence-corrected chi connectivity index (χ3v) is 3.80. The molecule has 0 aliphatic rings. The first-order chi connectivity index (χ1) is 8.54. The van der Waals surface area contributed by atoms with Crippen molar-refractivity contribution in [3.8, 4) is 5.75 Å². The van der Waals surface area contributed by atoms with E-state index in [9.17, 15) is 4.39 Å². The Labute approximate surface area is 118 Å². The molecule has 0 aliphatic heterocycles. The molecule has 1 aromatic carbocycles. The lowest BCUT2D eigenvalue weighted by atomic mass is 10.0. The Bertz CT molecular complexity index is 568. The van der Waals surface area contributed by atoms with Crippen molar-refractivity contribution in [3.05, 3.63) is 51.6 Å². The molecule has 18 heavy (non-hydrogen) atoms. The van der Waals surface area contributed by atoms with Crippen LogP contribution >= 0.6 is 27.5 Å². The predicted molar refractivity (Wildman–Crippen MR) is 71.8 cm³/mol. The summed E-state index contributed by atoms with van der Waals surface area (Å²) in [6, 6.07) is 4.73. The van der Waals surface area contributed by atoms with Gasteiger partial charge >= 0.3 is 0 Å². The Morgan fingerprint density at radius 1 is 1.39 bits per heavy atom. The molecule has 0 aliphatic carbocycles. The van der Waals surface area contributed by atoms with Crippen molar-refractivity contribution >= 4 is 27.5 Å². The number of aryl methyl sites for hydroxylation is 1. The molecule has 1 atom stereocenters. The molecule has 5 heteroatoms.